The number of nitriles is 1. The summed E-state index contributed by atoms with van der Waals surface area (Å²) in [5, 5.41) is 20.6. The Hall–Kier alpha value is -4.06. The van der Waals surface area contributed by atoms with E-state index in [0.29, 0.717) is 39.0 Å². The van der Waals surface area contributed by atoms with Crippen molar-refractivity contribution < 1.29 is 18.6 Å². The minimum Gasteiger partial charge on any atom is -0.508 e. The number of aryl methyl sites for hydroxylation is 1. The van der Waals surface area contributed by atoms with Gasteiger partial charge in [-0.1, -0.05) is 6.07 Å². The third-order valence-corrected chi connectivity index (χ3v) is 4.82. The van der Waals surface area contributed by atoms with E-state index in [9.17, 15) is 19.1 Å². The van der Waals surface area contributed by atoms with Crippen molar-refractivity contribution in [2.75, 3.05) is 0 Å². The Kier molecular flexibility index (Phi) is 4.75. The van der Waals surface area contributed by atoms with Gasteiger partial charge in [0.15, 0.2) is 0 Å². The quantitative estimate of drug-likeness (QED) is 0.516. The lowest BCUT2D eigenvalue weighted by molar-refractivity contribution is -0.0560. The number of alkyl halides is 2. The van der Waals surface area contributed by atoms with Gasteiger partial charge in [-0.05, 0) is 42.7 Å². The van der Waals surface area contributed by atoms with Crippen LogP contribution in [-0.2, 0) is 0 Å². The van der Waals surface area contributed by atoms with Crippen molar-refractivity contribution >= 4 is 11.0 Å². The lowest BCUT2D eigenvalue weighted by Gasteiger charge is -2.13. The fourth-order valence-electron chi connectivity index (χ4n) is 3.39. The second kappa shape index (κ2) is 7.40. The van der Waals surface area contributed by atoms with E-state index in [0.717, 1.165) is 11.1 Å². The number of phenolic OH excluding ortho intramolecular Hbond substituents is 1. The summed E-state index contributed by atoms with van der Waals surface area (Å²) in [7, 11) is 0. The van der Waals surface area contributed by atoms with E-state index in [2.05, 4.69) is 30.7 Å². The predicted molar refractivity (Wildman–Crippen MR) is 105 cm³/mol. The third kappa shape index (κ3) is 3.28. The van der Waals surface area contributed by atoms with Crippen LogP contribution in [0.15, 0.2) is 36.8 Å². The van der Waals surface area contributed by atoms with Crippen molar-refractivity contribution in [1.29, 1.82) is 5.26 Å². The maximum atomic E-state index is 12.3. The predicted octanol–water partition coefficient (Wildman–Crippen LogP) is 4.48. The first-order valence-electron chi connectivity index (χ1n) is 8.87. The number of pyridine rings is 1. The highest BCUT2D eigenvalue weighted by atomic mass is 19.3. The lowest BCUT2D eigenvalue weighted by Crippen LogP contribution is -2.05. The Labute approximate surface area is 169 Å². The Morgan fingerprint density at radius 2 is 1.87 bits per heavy atom. The fraction of sp³-hybridized carbons (Fsp3) is 0.143. The number of rotatable bonds is 4. The molecule has 0 atom stereocenters. The SMILES string of the molecule is Cc1ccc(O)c(C)c1-c1cnc2[nH]c(-c3cnc(OC(F)F)nc3)cc2c1C#N. The topological polar surface area (TPSA) is 108 Å². The molecular weight excluding hydrogens is 392 g/mol. The molecule has 3 aromatic heterocycles. The minimum atomic E-state index is -3.01. The van der Waals surface area contributed by atoms with Crippen LogP contribution in [0.1, 0.15) is 16.7 Å². The molecule has 4 rings (SSSR count). The molecule has 4 aromatic rings. The zero-order valence-electron chi connectivity index (χ0n) is 15.9. The number of halogens is 2. The van der Waals surface area contributed by atoms with Crippen molar-refractivity contribution in [3.05, 3.63) is 53.5 Å². The molecule has 0 radical (unpaired) electrons. The molecule has 0 spiro atoms. The molecule has 2 N–H and O–H groups in total. The second-order valence-electron chi connectivity index (χ2n) is 6.64. The summed E-state index contributed by atoms with van der Waals surface area (Å²) < 4.78 is 28.7. The zero-order chi connectivity index (χ0) is 21.4. The van der Waals surface area contributed by atoms with Gasteiger partial charge in [0.1, 0.15) is 17.5 Å². The van der Waals surface area contributed by atoms with Gasteiger partial charge in [0.25, 0.3) is 0 Å². The molecule has 150 valence electrons. The van der Waals surface area contributed by atoms with Gasteiger partial charge in [-0.3, -0.25) is 0 Å². The summed E-state index contributed by atoms with van der Waals surface area (Å²) in [5.74, 6) is 0.137. The van der Waals surface area contributed by atoms with E-state index >= 15 is 0 Å². The normalized spacial score (nSPS) is 11.1. The van der Waals surface area contributed by atoms with Crippen molar-refractivity contribution in [1.82, 2.24) is 19.9 Å². The molecule has 0 fully saturated rings. The van der Waals surface area contributed by atoms with Crippen LogP contribution < -0.4 is 4.74 Å². The summed E-state index contributed by atoms with van der Waals surface area (Å²) in [6.07, 6.45) is 4.27. The number of aromatic nitrogens is 4. The van der Waals surface area contributed by atoms with Crippen LogP contribution in [0.5, 0.6) is 11.8 Å². The average Bonchev–Trinajstić information content (AvgIpc) is 3.15. The monoisotopic (exact) mass is 407 g/mol. The standard InChI is InChI=1S/C21H15F2N5O2/c1-10-3-4-17(29)11(2)18(10)15-9-25-19-13(14(15)6-24)5-16(28-19)12-7-26-21(27-8-12)30-20(22)23/h3-5,7-9,20,29H,1-2H3,(H,25,28). The number of H-pyrrole nitrogens is 1. The minimum absolute atomic E-state index is 0.137. The van der Waals surface area contributed by atoms with Crippen molar-refractivity contribution in [3.63, 3.8) is 0 Å². The first-order valence-corrected chi connectivity index (χ1v) is 8.87. The molecular formula is C21H15F2N5O2. The van der Waals surface area contributed by atoms with Crippen molar-refractivity contribution in [2.24, 2.45) is 0 Å². The Morgan fingerprint density at radius 1 is 1.13 bits per heavy atom. The van der Waals surface area contributed by atoms with Crippen LogP contribution in [0, 0.1) is 25.2 Å². The average molecular weight is 407 g/mol. The fourth-order valence-corrected chi connectivity index (χ4v) is 3.39. The molecule has 1 aromatic carbocycles. The van der Waals surface area contributed by atoms with Crippen LogP contribution in [0.2, 0.25) is 0 Å². The number of benzene rings is 1. The molecule has 7 nitrogen and oxygen atoms in total. The largest absolute Gasteiger partial charge is 0.508 e. The third-order valence-electron chi connectivity index (χ3n) is 4.82. The number of nitrogens with zero attached hydrogens (tertiary/aromatic N) is 4. The van der Waals surface area contributed by atoms with Crippen LogP contribution in [0.4, 0.5) is 8.78 Å². The van der Waals surface area contributed by atoms with E-state index in [4.69, 9.17) is 0 Å². The maximum absolute atomic E-state index is 12.3. The molecule has 0 unspecified atom stereocenters. The highest BCUT2D eigenvalue weighted by Crippen LogP contribution is 2.37. The highest BCUT2D eigenvalue weighted by molar-refractivity contribution is 5.94. The van der Waals surface area contributed by atoms with Gasteiger partial charge in [0.05, 0.1) is 11.3 Å². The summed E-state index contributed by atoms with van der Waals surface area (Å²) >= 11 is 0. The number of hydrogen-bond acceptors (Lipinski definition) is 6. The van der Waals surface area contributed by atoms with E-state index in [-0.39, 0.29) is 5.75 Å². The Morgan fingerprint density at radius 3 is 2.53 bits per heavy atom. The van der Waals surface area contributed by atoms with E-state index in [1.165, 1.54) is 12.4 Å². The molecule has 30 heavy (non-hydrogen) atoms. The number of nitrogens with one attached hydrogen (secondary N) is 1. The second-order valence-corrected chi connectivity index (χ2v) is 6.64. The van der Waals surface area contributed by atoms with Gasteiger partial charge < -0.3 is 14.8 Å². The summed E-state index contributed by atoms with van der Waals surface area (Å²) in [5.41, 5.74) is 4.89. The van der Waals surface area contributed by atoms with E-state index in [1.807, 2.05) is 6.92 Å². The van der Waals surface area contributed by atoms with Crippen molar-refractivity contribution in [2.45, 2.75) is 20.5 Å². The first-order chi connectivity index (χ1) is 14.4. The molecule has 0 saturated heterocycles. The first kappa shape index (κ1) is 19.3. The highest BCUT2D eigenvalue weighted by Gasteiger charge is 2.18. The number of aromatic amines is 1. The summed E-state index contributed by atoms with van der Waals surface area (Å²) in [6.45, 7) is 0.677. The summed E-state index contributed by atoms with van der Waals surface area (Å²) in [4.78, 5) is 15.0. The smallest absolute Gasteiger partial charge is 0.389 e. The van der Waals surface area contributed by atoms with Gasteiger partial charge >= 0.3 is 12.6 Å². The molecule has 0 saturated carbocycles. The van der Waals surface area contributed by atoms with Gasteiger partial charge in [0, 0.05) is 35.1 Å². The number of phenols is 1. The maximum Gasteiger partial charge on any atom is 0.389 e. The Balaban J connectivity index is 1.84. The molecule has 3 heterocycles. The van der Waals surface area contributed by atoms with Crippen LogP contribution in [0.3, 0.4) is 0 Å². The van der Waals surface area contributed by atoms with Crippen molar-refractivity contribution in [3.8, 4) is 40.2 Å². The Bertz CT molecular complexity index is 1290. The molecule has 0 aliphatic heterocycles. The van der Waals surface area contributed by atoms with Gasteiger partial charge in [0.2, 0.25) is 0 Å². The zero-order valence-corrected chi connectivity index (χ0v) is 15.9. The number of aromatic hydroxyl groups is 1. The number of fused-ring (bicyclic) bond motifs is 1. The lowest BCUT2D eigenvalue weighted by atomic mass is 9.92. The molecule has 0 bridgehead atoms. The molecule has 0 aliphatic carbocycles. The van der Waals surface area contributed by atoms with Crippen LogP contribution in [-0.4, -0.2) is 31.7 Å². The van der Waals surface area contributed by atoms with Crippen LogP contribution in [0.25, 0.3) is 33.4 Å². The molecule has 9 heteroatoms. The van der Waals surface area contributed by atoms with Gasteiger partial charge in [-0.15, -0.1) is 0 Å². The molecule has 0 aliphatic rings. The van der Waals surface area contributed by atoms with E-state index in [1.54, 1.807) is 31.3 Å². The van der Waals surface area contributed by atoms with Crippen LogP contribution >= 0.6 is 0 Å². The van der Waals surface area contributed by atoms with E-state index < -0.39 is 12.6 Å². The summed E-state index contributed by atoms with van der Waals surface area (Å²) in [6, 6.07) is 6.92. The van der Waals surface area contributed by atoms with Gasteiger partial charge in [-0.25, -0.2) is 15.0 Å². The van der Waals surface area contributed by atoms with Gasteiger partial charge in [-0.2, -0.15) is 14.0 Å². The number of hydrogen-bond donors (Lipinski definition) is 2. The number of ether oxygens (including phenoxy) is 1. The molecule has 0 amide bonds.